The molecule has 0 atom stereocenters. The number of carbonyl (C=O) groups is 1. The Kier molecular flexibility index (Phi) is 9.44. The van der Waals surface area contributed by atoms with Crippen LogP contribution in [-0.4, -0.2) is 52.8 Å². The summed E-state index contributed by atoms with van der Waals surface area (Å²) in [5.74, 6) is 1.64. The smallest absolute Gasteiger partial charge is 0.224 e. The summed E-state index contributed by atoms with van der Waals surface area (Å²) in [4.78, 5) is 16.1. The number of ether oxygens (including phenoxy) is 2. The predicted molar refractivity (Wildman–Crippen MR) is 116 cm³/mol. The van der Waals surface area contributed by atoms with Crippen molar-refractivity contribution in [1.29, 1.82) is 0 Å². The van der Waals surface area contributed by atoms with Gasteiger partial charge >= 0.3 is 0 Å². The maximum Gasteiger partial charge on any atom is 0.224 e. The number of hydrogen-bond donors (Lipinski definition) is 3. The van der Waals surface area contributed by atoms with Crippen LogP contribution in [0.15, 0.2) is 47.5 Å². The van der Waals surface area contributed by atoms with E-state index in [0.29, 0.717) is 37.1 Å². The van der Waals surface area contributed by atoms with Crippen LogP contribution in [0.2, 0.25) is 0 Å². The van der Waals surface area contributed by atoms with Crippen LogP contribution in [0.3, 0.4) is 0 Å². The first-order valence-electron chi connectivity index (χ1n) is 9.72. The molecule has 0 aliphatic heterocycles. The molecule has 0 fully saturated rings. The van der Waals surface area contributed by atoms with E-state index in [2.05, 4.69) is 20.9 Å². The van der Waals surface area contributed by atoms with Crippen LogP contribution in [0.5, 0.6) is 11.5 Å². The number of hydrogen-bond acceptors (Lipinski definition) is 4. The maximum atomic E-state index is 12.9. The summed E-state index contributed by atoms with van der Waals surface area (Å²) < 4.78 is 23.5. The molecule has 7 nitrogen and oxygen atoms in total. The minimum atomic E-state index is -0.312. The highest BCUT2D eigenvalue weighted by Crippen LogP contribution is 2.27. The number of rotatable bonds is 10. The van der Waals surface area contributed by atoms with Crippen LogP contribution >= 0.6 is 0 Å². The first kappa shape index (κ1) is 23.0. The van der Waals surface area contributed by atoms with E-state index in [1.807, 2.05) is 18.2 Å². The molecule has 2 aromatic rings. The minimum Gasteiger partial charge on any atom is -0.493 e. The van der Waals surface area contributed by atoms with Gasteiger partial charge in [-0.05, 0) is 41.8 Å². The number of carbonyl (C=O) groups excluding carboxylic acids is 1. The van der Waals surface area contributed by atoms with Crippen molar-refractivity contribution in [2.24, 2.45) is 4.99 Å². The standard InChI is InChI=1S/C22H29FN4O3/c1-24-22(26-11-10-17-6-9-19(29-2)20(14-17)30-3)27-13-12-25-21(28)15-16-4-7-18(23)8-5-16/h4-9,14H,10-13,15H2,1-3H3,(H,25,28)(H2,24,26,27). The molecule has 2 aromatic carbocycles. The Morgan fingerprint density at radius 1 is 0.900 bits per heavy atom. The van der Waals surface area contributed by atoms with Gasteiger partial charge < -0.3 is 25.4 Å². The van der Waals surface area contributed by atoms with E-state index in [-0.39, 0.29) is 18.1 Å². The molecular weight excluding hydrogens is 387 g/mol. The van der Waals surface area contributed by atoms with Gasteiger partial charge in [0.2, 0.25) is 5.91 Å². The Balaban J connectivity index is 1.66. The SMILES string of the molecule is CN=C(NCCNC(=O)Cc1ccc(F)cc1)NCCc1ccc(OC)c(OC)c1. The van der Waals surface area contributed by atoms with E-state index in [1.165, 1.54) is 12.1 Å². The highest BCUT2D eigenvalue weighted by Gasteiger charge is 2.06. The number of halogens is 1. The molecule has 0 heterocycles. The molecule has 0 unspecified atom stereocenters. The molecule has 8 heteroatoms. The average Bonchev–Trinajstić information content (AvgIpc) is 2.76. The summed E-state index contributed by atoms with van der Waals surface area (Å²) in [5, 5.41) is 9.22. The lowest BCUT2D eigenvalue weighted by Crippen LogP contribution is -2.42. The third kappa shape index (κ3) is 7.62. The maximum absolute atomic E-state index is 12.9. The number of nitrogens with one attached hydrogen (secondary N) is 3. The molecule has 0 bridgehead atoms. The number of guanidine groups is 1. The largest absolute Gasteiger partial charge is 0.493 e. The fourth-order valence-electron chi connectivity index (χ4n) is 2.81. The number of aliphatic imine (C=N–C) groups is 1. The van der Waals surface area contributed by atoms with Gasteiger partial charge in [-0.1, -0.05) is 18.2 Å². The van der Waals surface area contributed by atoms with Gasteiger partial charge in [0.1, 0.15) is 5.82 Å². The average molecular weight is 416 g/mol. The van der Waals surface area contributed by atoms with Crippen molar-refractivity contribution < 1.29 is 18.7 Å². The van der Waals surface area contributed by atoms with Crippen LogP contribution in [0.25, 0.3) is 0 Å². The van der Waals surface area contributed by atoms with Crippen molar-refractivity contribution in [3.63, 3.8) is 0 Å². The van der Waals surface area contributed by atoms with Crippen molar-refractivity contribution >= 4 is 11.9 Å². The molecule has 3 N–H and O–H groups in total. The van der Waals surface area contributed by atoms with Gasteiger partial charge in [-0.3, -0.25) is 9.79 Å². The summed E-state index contributed by atoms with van der Waals surface area (Å²) in [6.45, 7) is 1.67. The zero-order valence-electron chi connectivity index (χ0n) is 17.6. The molecule has 0 saturated carbocycles. The number of amides is 1. The Morgan fingerprint density at radius 3 is 2.20 bits per heavy atom. The van der Waals surface area contributed by atoms with E-state index in [1.54, 1.807) is 33.4 Å². The predicted octanol–water partition coefficient (Wildman–Crippen LogP) is 1.91. The molecule has 0 saturated heterocycles. The van der Waals surface area contributed by atoms with Crippen molar-refractivity contribution in [3.8, 4) is 11.5 Å². The molecule has 0 aliphatic carbocycles. The van der Waals surface area contributed by atoms with Crippen molar-refractivity contribution in [1.82, 2.24) is 16.0 Å². The van der Waals surface area contributed by atoms with Crippen molar-refractivity contribution in [2.75, 3.05) is 40.9 Å². The molecule has 1 amide bonds. The Hall–Kier alpha value is -3.29. The first-order valence-corrected chi connectivity index (χ1v) is 9.72. The lowest BCUT2D eigenvalue weighted by Gasteiger charge is -2.13. The second-order valence-electron chi connectivity index (χ2n) is 6.52. The van der Waals surface area contributed by atoms with E-state index in [4.69, 9.17) is 9.47 Å². The van der Waals surface area contributed by atoms with Gasteiger partial charge in [0, 0.05) is 26.7 Å². The van der Waals surface area contributed by atoms with Crippen molar-refractivity contribution in [2.45, 2.75) is 12.8 Å². The molecule has 0 aliphatic rings. The lowest BCUT2D eigenvalue weighted by atomic mass is 10.1. The monoisotopic (exact) mass is 416 g/mol. The van der Waals surface area contributed by atoms with Crippen LogP contribution < -0.4 is 25.4 Å². The Bertz CT molecular complexity index is 841. The van der Waals surface area contributed by atoms with E-state index >= 15 is 0 Å². The molecule has 0 spiro atoms. The summed E-state index contributed by atoms with van der Waals surface area (Å²) in [6, 6.07) is 11.7. The van der Waals surface area contributed by atoms with Crippen LogP contribution in [0.1, 0.15) is 11.1 Å². The van der Waals surface area contributed by atoms with E-state index < -0.39 is 0 Å². The topological polar surface area (TPSA) is 84.0 Å². The third-order valence-electron chi connectivity index (χ3n) is 4.40. The van der Waals surface area contributed by atoms with Gasteiger partial charge in [-0.25, -0.2) is 4.39 Å². The molecule has 162 valence electrons. The fourth-order valence-corrected chi connectivity index (χ4v) is 2.81. The zero-order valence-corrected chi connectivity index (χ0v) is 17.6. The normalized spacial score (nSPS) is 11.0. The number of methoxy groups -OCH3 is 2. The zero-order chi connectivity index (χ0) is 21.8. The van der Waals surface area contributed by atoms with Crippen molar-refractivity contribution in [3.05, 3.63) is 59.4 Å². The molecular formula is C22H29FN4O3. The summed E-state index contributed by atoms with van der Waals surface area (Å²) >= 11 is 0. The van der Waals surface area contributed by atoms with Gasteiger partial charge in [0.15, 0.2) is 17.5 Å². The summed E-state index contributed by atoms with van der Waals surface area (Å²) in [6.07, 6.45) is 1.01. The molecule has 30 heavy (non-hydrogen) atoms. The quantitative estimate of drug-likeness (QED) is 0.313. The minimum absolute atomic E-state index is 0.111. The van der Waals surface area contributed by atoms with Gasteiger partial charge in [0.25, 0.3) is 0 Å². The van der Waals surface area contributed by atoms with Crippen LogP contribution in [0, 0.1) is 5.82 Å². The van der Waals surface area contributed by atoms with E-state index in [0.717, 1.165) is 17.5 Å². The third-order valence-corrected chi connectivity index (χ3v) is 4.40. The Morgan fingerprint density at radius 2 is 1.53 bits per heavy atom. The number of nitrogens with zero attached hydrogens (tertiary/aromatic N) is 1. The number of benzene rings is 2. The summed E-state index contributed by atoms with van der Waals surface area (Å²) in [7, 11) is 4.92. The molecule has 0 aromatic heterocycles. The summed E-state index contributed by atoms with van der Waals surface area (Å²) in [5.41, 5.74) is 1.89. The van der Waals surface area contributed by atoms with Gasteiger partial charge in [0.05, 0.1) is 20.6 Å². The lowest BCUT2D eigenvalue weighted by molar-refractivity contribution is -0.120. The highest BCUT2D eigenvalue weighted by molar-refractivity contribution is 5.80. The second kappa shape index (κ2) is 12.3. The molecule has 0 radical (unpaired) electrons. The highest BCUT2D eigenvalue weighted by atomic mass is 19.1. The van der Waals surface area contributed by atoms with E-state index in [9.17, 15) is 9.18 Å². The van der Waals surface area contributed by atoms with Crippen LogP contribution in [0.4, 0.5) is 4.39 Å². The fraction of sp³-hybridized carbons (Fsp3) is 0.364. The van der Waals surface area contributed by atoms with Gasteiger partial charge in [-0.15, -0.1) is 0 Å². The molecule has 2 rings (SSSR count). The Labute approximate surface area is 176 Å². The van der Waals surface area contributed by atoms with Crippen LogP contribution in [-0.2, 0) is 17.6 Å². The second-order valence-corrected chi connectivity index (χ2v) is 6.52. The first-order chi connectivity index (χ1) is 14.5. The van der Waals surface area contributed by atoms with Gasteiger partial charge in [-0.2, -0.15) is 0 Å².